The minimum absolute atomic E-state index is 1.28. The maximum atomic E-state index is 11.5. The molecule has 0 saturated heterocycles. The third kappa shape index (κ3) is 4.97. The number of alkyl halides is 6. The molecule has 0 aliphatic carbocycles. The van der Waals surface area contributed by atoms with E-state index in [4.69, 9.17) is 10.2 Å². The summed E-state index contributed by atoms with van der Waals surface area (Å²) in [6.07, 6.45) is -12.1. The van der Waals surface area contributed by atoms with E-state index in [9.17, 15) is 26.3 Å². The normalized spacial score (nSPS) is 14.4. The lowest BCUT2D eigenvalue weighted by atomic mass is 10.1. The van der Waals surface area contributed by atoms with Crippen molar-refractivity contribution in [3.8, 4) is 11.1 Å². The van der Waals surface area contributed by atoms with Gasteiger partial charge in [-0.3, -0.25) is 0 Å². The van der Waals surface area contributed by atoms with E-state index >= 15 is 0 Å². The second-order valence-corrected chi connectivity index (χ2v) is 4.39. The molecule has 2 nitrogen and oxygen atoms in total. The number of benzene rings is 2. The molecule has 1 unspecified atom stereocenters. The van der Waals surface area contributed by atoms with Gasteiger partial charge in [-0.2, -0.15) is 26.3 Å². The van der Waals surface area contributed by atoms with Gasteiger partial charge in [0, 0.05) is 0 Å². The molecule has 2 aromatic carbocycles. The molecule has 0 aliphatic rings. The summed E-state index contributed by atoms with van der Waals surface area (Å²) in [6.45, 7) is 0. The van der Waals surface area contributed by atoms with E-state index < -0.39 is 18.1 Å². The molecule has 0 amide bonds. The fourth-order valence-electron chi connectivity index (χ4n) is 1.43. The van der Waals surface area contributed by atoms with Crippen LogP contribution < -0.4 is 0 Å². The summed E-state index contributed by atoms with van der Waals surface area (Å²) < 4.78 is 67.1. The highest BCUT2D eigenvalue weighted by atomic mass is 19.4. The number of halogens is 6. The summed E-state index contributed by atoms with van der Waals surface area (Å²) in [5.41, 5.74) is 2.55. The van der Waals surface area contributed by atoms with E-state index in [1.807, 2.05) is 12.1 Å². The van der Waals surface area contributed by atoms with Crippen LogP contribution in [0.15, 0.2) is 60.7 Å². The molecule has 0 radical (unpaired) electrons. The molecule has 0 spiro atoms. The minimum Gasteiger partial charge on any atom is -0.348 e. The van der Waals surface area contributed by atoms with Crippen molar-refractivity contribution in [2.45, 2.75) is 18.1 Å². The van der Waals surface area contributed by atoms with Gasteiger partial charge in [-0.25, -0.2) is 0 Å². The van der Waals surface area contributed by atoms with Gasteiger partial charge >= 0.3 is 18.1 Å². The predicted molar refractivity (Wildman–Crippen MR) is 71.2 cm³/mol. The third-order valence-electron chi connectivity index (χ3n) is 2.66. The molecule has 2 rings (SSSR count). The highest BCUT2D eigenvalue weighted by Gasteiger charge is 2.71. The molecule has 0 saturated carbocycles. The molecule has 1 atom stereocenters. The second-order valence-electron chi connectivity index (χ2n) is 4.39. The van der Waals surface area contributed by atoms with Crippen LogP contribution in [0.25, 0.3) is 11.1 Å². The molecule has 8 heteroatoms. The Morgan fingerprint density at radius 1 is 0.565 bits per heavy atom. The Bertz CT molecular complexity index is 537. The van der Waals surface area contributed by atoms with Crippen LogP contribution >= 0.6 is 0 Å². The average Bonchev–Trinajstić information content (AvgIpc) is 2.47. The molecule has 2 N–H and O–H groups in total. The first-order valence-electron chi connectivity index (χ1n) is 6.15. The second kappa shape index (κ2) is 7.01. The molecule has 0 bridgehead atoms. The number of hydrogen-bond donors (Lipinski definition) is 2. The van der Waals surface area contributed by atoms with Gasteiger partial charge in [0.25, 0.3) is 0 Å². The third-order valence-corrected chi connectivity index (χ3v) is 2.66. The number of aliphatic hydroxyl groups is 2. The van der Waals surface area contributed by atoms with Gasteiger partial charge in [-0.1, -0.05) is 60.7 Å². The van der Waals surface area contributed by atoms with Gasteiger partial charge < -0.3 is 10.2 Å². The van der Waals surface area contributed by atoms with Crippen LogP contribution in [0.3, 0.4) is 0 Å². The Morgan fingerprint density at radius 2 is 0.870 bits per heavy atom. The molecular weight excluding hydrogens is 326 g/mol. The maximum absolute atomic E-state index is 11.5. The largest absolute Gasteiger partial charge is 0.457 e. The zero-order chi connectivity index (χ0) is 17.7. The Balaban J connectivity index is 0.000000232. The first kappa shape index (κ1) is 19.0. The quantitative estimate of drug-likeness (QED) is 0.808. The molecule has 0 aliphatic heterocycles. The van der Waals surface area contributed by atoms with Crippen molar-refractivity contribution >= 4 is 0 Å². The van der Waals surface area contributed by atoms with Crippen molar-refractivity contribution in [3.05, 3.63) is 60.7 Å². The number of rotatable bonds is 2. The van der Waals surface area contributed by atoms with Crippen LogP contribution in [-0.2, 0) is 0 Å². The number of hydrogen-bond acceptors (Lipinski definition) is 2. The first-order valence-corrected chi connectivity index (χ1v) is 6.15. The van der Waals surface area contributed by atoms with E-state index in [0.29, 0.717) is 0 Å². The smallest absolute Gasteiger partial charge is 0.348 e. The fourth-order valence-corrected chi connectivity index (χ4v) is 1.43. The minimum atomic E-state index is -6.23. The molecule has 0 heterocycles. The standard InChI is InChI=1S/C12H10.C3H2F6O2/c1-3-7-11(8-4-1)12-9-5-2-6-10-12;4-1(10,2(5,6)7)3(8,9)11/h1-10H;10-11H. The van der Waals surface area contributed by atoms with Gasteiger partial charge in [-0.05, 0) is 11.1 Å². The van der Waals surface area contributed by atoms with Crippen molar-refractivity contribution in [1.29, 1.82) is 0 Å². The van der Waals surface area contributed by atoms with Crippen LogP contribution in [-0.4, -0.2) is 28.4 Å². The Morgan fingerprint density at radius 3 is 1.04 bits per heavy atom. The van der Waals surface area contributed by atoms with Crippen LogP contribution in [0.1, 0.15) is 0 Å². The Hall–Kier alpha value is -2.06. The lowest BCUT2D eigenvalue weighted by Crippen LogP contribution is -2.55. The van der Waals surface area contributed by atoms with Crippen molar-refractivity contribution in [3.63, 3.8) is 0 Å². The summed E-state index contributed by atoms with van der Waals surface area (Å²) in [5, 5.41) is 14.6. The highest BCUT2D eigenvalue weighted by Crippen LogP contribution is 2.41. The summed E-state index contributed by atoms with van der Waals surface area (Å²) in [6, 6.07) is 20.8. The molecule has 0 aromatic heterocycles. The lowest BCUT2D eigenvalue weighted by molar-refractivity contribution is -0.438. The van der Waals surface area contributed by atoms with Crippen molar-refractivity contribution in [2.75, 3.05) is 0 Å². The summed E-state index contributed by atoms with van der Waals surface area (Å²) in [4.78, 5) is 0. The van der Waals surface area contributed by atoms with E-state index in [-0.39, 0.29) is 0 Å². The van der Waals surface area contributed by atoms with Gasteiger partial charge in [-0.15, -0.1) is 0 Å². The first-order chi connectivity index (χ1) is 10.5. The molecule has 0 fully saturated rings. The van der Waals surface area contributed by atoms with Crippen molar-refractivity contribution < 1.29 is 36.6 Å². The topological polar surface area (TPSA) is 40.5 Å². The van der Waals surface area contributed by atoms with E-state index in [2.05, 4.69) is 48.5 Å². The van der Waals surface area contributed by atoms with Crippen LogP contribution in [0, 0.1) is 0 Å². The average molecular weight is 338 g/mol. The monoisotopic (exact) mass is 338 g/mol. The SMILES string of the molecule is OC(F)(F)C(O)(F)C(F)(F)F.c1ccc(-c2ccccc2)cc1. The summed E-state index contributed by atoms with van der Waals surface area (Å²) in [7, 11) is 0. The summed E-state index contributed by atoms with van der Waals surface area (Å²) in [5.74, 6) is -5.90. The molecule has 126 valence electrons. The predicted octanol–water partition coefficient (Wildman–Crippen LogP) is 4.15. The molecular formula is C15H12F6O2. The van der Waals surface area contributed by atoms with E-state index in [1.165, 1.54) is 11.1 Å². The van der Waals surface area contributed by atoms with Crippen LogP contribution in [0.4, 0.5) is 26.3 Å². The Kier molecular flexibility index (Phi) is 5.79. The highest BCUT2D eigenvalue weighted by molar-refractivity contribution is 5.62. The maximum Gasteiger partial charge on any atom is 0.457 e. The van der Waals surface area contributed by atoms with Crippen LogP contribution in [0.2, 0.25) is 0 Å². The fraction of sp³-hybridized carbons (Fsp3) is 0.200. The lowest BCUT2D eigenvalue weighted by Gasteiger charge is -2.25. The zero-order valence-electron chi connectivity index (χ0n) is 11.4. The van der Waals surface area contributed by atoms with Crippen molar-refractivity contribution in [2.24, 2.45) is 0 Å². The van der Waals surface area contributed by atoms with Gasteiger partial charge in [0.05, 0.1) is 0 Å². The molecule has 2 aromatic rings. The zero-order valence-corrected chi connectivity index (χ0v) is 11.4. The van der Waals surface area contributed by atoms with E-state index in [0.717, 1.165) is 0 Å². The van der Waals surface area contributed by atoms with Gasteiger partial charge in [0.2, 0.25) is 0 Å². The van der Waals surface area contributed by atoms with Gasteiger partial charge in [0.1, 0.15) is 0 Å². The van der Waals surface area contributed by atoms with E-state index in [1.54, 1.807) is 0 Å². The Labute approximate surface area is 127 Å². The molecule has 23 heavy (non-hydrogen) atoms. The van der Waals surface area contributed by atoms with Crippen molar-refractivity contribution in [1.82, 2.24) is 0 Å². The summed E-state index contributed by atoms with van der Waals surface area (Å²) >= 11 is 0. The van der Waals surface area contributed by atoms with Crippen LogP contribution in [0.5, 0.6) is 0 Å². The van der Waals surface area contributed by atoms with Gasteiger partial charge in [0.15, 0.2) is 0 Å².